The zero-order chi connectivity index (χ0) is 27.5. The van der Waals surface area contributed by atoms with Crippen molar-refractivity contribution in [2.45, 2.75) is 31.3 Å². The highest BCUT2D eigenvalue weighted by Crippen LogP contribution is 2.42. The number of ether oxygens (including phenoxy) is 2. The van der Waals surface area contributed by atoms with E-state index < -0.39 is 6.16 Å². The number of carboxylic acid groups (broad SMARTS) is 1. The second-order valence-corrected chi connectivity index (χ2v) is 10.3. The molecule has 1 N–H and O–H groups in total. The predicted molar refractivity (Wildman–Crippen MR) is 150 cm³/mol. The molecule has 5 rings (SSSR count). The molecule has 2 amide bonds. The lowest BCUT2D eigenvalue weighted by molar-refractivity contribution is 0.109. The molecule has 3 aromatic rings. The number of nitrogens with zero attached hydrogens (tertiary/aromatic N) is 4. The molecule has 1 saturated heterocycles. The summed E-state index contributed by atoms with van der Waals surface area (Å²) in [5.41, 5.74) is 2.30. The first-order valence-corrected chi connectivity index (χ1v) is 13.4. The van der Waals surface area contributed by atoms with Gasteiger partial charge in [0.1, 0.15) is 11.5 Å². The maximum Gasteiger partial charge on any atom is 0.511 e. The number of carbonyl (C=O) groups excluding carboxylic acids is 1. The number of amides is 2. The fourth-order valence-corrected chi connectivity index (χ4v) is 5.76. The van der Waals surface area contributed by atoms with Gasteiger partial charge in [-0.1, -0.05) is 29.3 Å². The minimum absolute atomic E-state index is 0.0870. The molecule has 11 heteroatoms. The Labute approximate surface area is 236 Å². The van der Waals surface area contributed by atoms with E-state index in [9.17, 15) is 9.59 Å². The number of carbonyl (C=O) groups is 2. The number of urea groups is 1. The normalized spacial score (nSPS) is 17.1. The summed E-state index contributed by atoms with van der Waals surface area (Å²) in [5.74, 6) is 0.766. The molecular formula is C28H28Cl2N4O5. The van der Waals surface area contributed by atoms with Crippen molar-refractivity contribution in [2.75, 3.05) is 36.5 Å². The van der Waals surface area contributed by atoms with Crippen molar-refractivity contribution in [1.82, 2.24) is 9.88 Å². The number of benzene rings is 2. The van der Waals surface area contributed by atoms with E-state index >= 15 is 0 Å². The van der Waals surface area contributed by atoms with Gasteiger partial charge in [-0.05, 0) is 55.3 Å². The third-order valence-corrected chi connectivity index (χ3v) is 8.03. The third-order valence-electron chi connectivity index (χ3n) is 7.22. The van der Waals surface area contributed by atoms with Crippen molar-refractivity contribution in [2.24, 2.45) is 0 Å². The second-order valence-electron chi connectivity index (χ2n) is 9.47. The summed E-state index contributed by atoms with van der Waals surface area (Å²) in [4.78, 5) is 35.3. The molecular weight excluding hydrogens is 543 g/mol. The number of hydrogen-bond acceptors (Lipinski definition) is 6. The van der Waals surface area contributed by atoms with E-state index in [4.69, 9.17) is 37.8 Å². The standard InChI is InChI=1S/C28H28Cl2N4O5/c1-32(24-4-2-3-22(29)26(24)30)27(35)34(19-9-14-33(15-10-19)18-7-12-31-13-8-18)23-11-16-38-25-6-5-20(17-21(23)25)39-28(36)37/h2-8,12-13,17,19,23H,9-11,14-16H2,1H3,(H,36,37). The monoisotopic (exact) mass is 570 g/mol. The summed E-state index contributed by atoms with van der Waals surface area (Å²) in [5, 5.41) is 9.81. The molecule has 2 aliphatic heterocycles. The van der Waals surface area contributed by atoms with Crippen LogP contribution in [-0.4, -0.2) is 60.0 Å². The van der Waals surface area contributed by atoms with Gasteiger partial charge in [0.25, 0.3) is 0 Å². The summed E-state index contributed by atoms with van der Waals surface area (Å²) in [6, 6.07) is 13.4. The zero-order valence-corrected chi connectivity index (χ0v) is 22.8. The number of piperidine rings is 1. The topological polar surface area (TPSA) is 95.4 Å². The van der Waals surface area contributed by atoms with Crippen LogP contribution in [0.5, 0.6) is 11.5 Å². The van der Waals surface area contributed by atoms with Crippen LogP contribution < -0.4 is 19.3 Å². The van der Waals surface area contributed by atoms with Crippen LogP contribution >= 0.6 is 23.2 Å². The number of anilines is 2. The molecule has 1 atom stereocenters. The first-order valence-electron chi connectivity index (χ1n) is 12.7. The highest BCUT2D eigenvalue weighted by molar-refractivity contribution is 6.44. The first-order chi connectivity index (χ1) is 18.8. The molecule has 0 radical (unpaired) electrons. The van der Waals surface area contributed by atoms with Gasteiger partial charge in [0.2, 0.25) is 0 Å². The van der Waals surface area contributed by atoms with E-state index in [1.807, 2.05) is 17.0 Å². The highest BCUT2D eigenvalue weighted by Gasteiger charge is 2.39. The van der Waals surface area contributed by atoms with Crippen molar-refractivity contribution in [3.8, 4) is 11.5 Å². The van der Waals surface area contributed by atoms with Crippen molar-refractivity contribution >= 4 is 46.8 Å². The van der Waals surface area contributed by atoms with Gasteiger partial charge < -0.3 is 24.4 Å². The van der Waals surface area contributed by atoms with Crippen LogP contribution in [0.1, 0.15) is 30.9 Å². The summed E-state index contributed by atoms with van der Waals surface area (Å²) < 4.78 is 10.8. The summed E-state index contributed by atoms with van der Waals surface area (Å²) in [6.45, 7) is 1.94. The molecule has 1 unspecified atom stereocenters. The van der Waals surface area contributed by atoms with Crippen LogP contribution in [0.25, 0.3) is 0 Å². The van der Waals surface area contributed by atoms with Gasteiger partial charge in [-0.25, -0.2) is 9.59 Å². The zero-order valence-electron chi connectivity index (χ0n) is 21.3. The molecule has 39 heavy (non-hydrogen) atoms. The predicted octanol–water partition coefficient (Wildman–Crippen LogP) is 6.50. The summed E-state index contributed by atoms with van der Waals surface area (Å²) in [7, 11) is 1.68. The number of halogens is 2. The fourth-order valence-electron chi connectivity index (χ4n) is 5.34. The molecule has 0 bridgehead atoms. The number of hydrogen-bond donors (Lipinski definition) is 1. The molecule has 2 aliphatic rings. The molecule has 1 fully saturated rings. The number of aromatic nitrogens is 1. The van der Waals surface area contributed by atoms with Crippen LogP contribution in [0, 0.1) is 0 Å². The molecule has 9 nitrogen and oxygen atoms in total. The third kappa shape index (κ3) is 5.69. The van der Waals surface area contributed by atoms with E-state index in [2.05, 4.69) is 9.88 Å². The molecule has 3 heterocycles. The largest absolute Gasteiger partial charge is 0.511 e. The van der Waals surface area contributed by atoms with E-state index in [0.717, 1.165) is 31.6 Å². The van der Waals surface area contributed by atoms with E-state index in [1.165, 1.54) is 4.90 Å². The van der Waals surface area contributed by atoms with Crippen molar-refractivity contribution in [3.63, 3.8) is 0 Å². The molecule has 1 aromatic heterocycles. The minimum Gasteiger partial charge on any atom is -0.493 e. The second kappa shape index (κ2) is 11.6. The van der Waals surface area contributed by atoms with Crippen LogP contribution in [0.4, 0.5) is 21.0 Å². The van der Waals surface area contributed by atoms with Crippen LogP contribution in [-0.2, 0) is 0 Å². The van der Waals surface area contributed by atoms with Crippen LogP contribution in [0.3, 0.4) is 0 Å². The Kier molecular flexibility index (Phi) is 7.99. The Morgan fingerprint density at radius 2 is 1.82 bits per heavy atom. The van der Waals surface area contributed by atoms with E-state index in [1.54, 1.807) is 55.8 Å². The number of rotatable bonds is 5. The van der Waals surface area contributed by atoms with Crippen molar-refractivity contribution in [1.29, 1.82) is 0 Å². The highest BCUT2D eigenvalue weighted by atomic mass is 35.5. The maximum atomic E-state index is 14.3. The molecule has 0 aliphatic carbocycles. The van der Waals surface area contributed by atoms with Gasteiger partial charge >= 0.3 is 12.2 Å². The Morgan fingerprint density at radius 1 is 1.08 bits per heavy atom. The lowest BCUT2D eigenvalue weighted by atomic mass is 9.94. The molecule has 0 saturated carbocycles. The smallest absolute Gasteiger partial charge is 0.493 e. The van der Waals surface area contributed by atoms with Crippen LogP contribution in [0.15, 0.2) is 60.9 Å². The van der Waals surface area contributed by atoms with Crippen LogP contribution in [0.2, 0.25) is 10.0 Å². The molecule has 0 spiro atoms. The molecule has 204 valence electrons. The maximum absolute atomic E-state index is 14.3. The average Bonchev–Trinajstić information content (AvgIpc) is 2.95. The van der Waals surface area contributed by atoms with Crippen molar-refractivity contribution < 1.29 is 24.2 Å². The summed E-state index contributed by atoms with van der Waals surface area (Å²) in [6.07, 6.45) is 4.16. The fraction of sp³-hybridized carbons (Fsp3) is 0.321. The number of fused-ring (bicyclic) bond motifs is 1. The average molecular weight is 571 g/mol. The quantitative estimate of drug-likeness (QED) is 0.276. The Bertz CT molecular complexity index is 1350. The first kappa shape index (κ1) is 26.9. The van der Waals surface area contributed by atoms with Crippen molar-refractivity contribution in [3.05, 3.63) is 76.5 Å². The van der Waals surface area contributed by atoms with E-state index in [-0.39, 0.29) is 23.9 Å². The Morgan fingerprint density at radius 3 is 2.54 bits per heavy atom. The summed E-state index contributed by atoms with van der Waals surface area (Å²) >= 11 is 12.8. The lowest BCUT2D eigenvalue weighted by Crippen LogP contribution is -2.53. The van der Waals surface area contributed by atoms with Gasteiger partial charge in [-0.15, -0.1) is 0 Å². The van der Waals surface area contributed by atoms with E-state index in [0.29, 0.717) is 40.1 Å². The Balaban J connectivity index is 1.49. The lowest BCUT2D eigenvalue weighted by Gasteiger charge is -2.45. The van der Waals surface area contributed by atoms with Gasteiger partial charge in [-0.3, -0.25) is 9.88 Å². The number of pyridine rings is 1. The SMILES string of the molecule is CN(C(=O)N(C1CCN(c2ccncc2)CC1)C1CCOc2ccc(OC(=O)O)cc21)c1cccc(Cl)c1Cl. The minimum atomic E-state index is -1.41. The Hall–Kier alpha value is -3.69. The molecule has 2 aromatic carbocycles. The van der Waals surface area contributed by atoms with Gasteiger partial charge in [0.05, 0.1) is 28.4 Å². The van der Waals surface area contributed by atoms with Gasteiger partial charge in [0, 0.05) is 56.2 Å². The van der Waals surface area contributed by atoms with Gasteiger partial charge in [0.15, 0.2) is 0 Å². The van der Waals surface area contributed by atoms with Gasteiger partial charge in [-0.2, -0.15) is 0 Å².